The Kier molecular flexibility index (Phi) is 7.32. The molecule has 7 heteroatoms. The van der Waals surface area contributed by atoms with Gasteiger partial charge in [0.1, 0.15) is 11.6 Å². The van der Waals surface area contributed by atoms with Crippen LogP contribution in [0.3, 0.4) is 0 Å². The topological polar surface area (TPSA) is 53.0 Å². The second-order valence-corrected chi connectivity index (χ2v) is 8.22. The Morgan fingerprint density at radius 2 is 1.96 bits per heavy atom. The monoisotopic (exact) mass is 406 g/mol. The van der Waals surface area contributed by atoms with Gasteiger partial charge in [-0.05, 0) is 62.6 Å². The number of hydrogen-bond donors (Lipinski definition) is 1. The second kappa shape index (κ2) is 9.30. The summed E-state index contributed by atoms with van der Waals surface area (Å²) >= 11 is 1.63. The summed E-state index contributed by atoms with van der Waals surface area (Å²) in [6.45, 7) is 14.9. The fourth-order valence-corrected chi connectivity index (χ4v) is 3.76. The van der Waals surface area contributed by atoms with Crippen molar-refractivity contribution >= 4 is 17.9 Å². The fourth-order valence-electron chi connectivity index (χ4n) is 2.76. The van der Waals surface area contributed by atoms with E-state index in [-0.39, 0.29) is 0 Å². The molecule has 0 aliphatic carbocycles. The molecule has 0 bridgehead atoms. The van der Waals surface area contributed by atoms with E-state index in [0.29, 0.717) is 24.5 Å². The quantitative estimate of drug-likeness (QED) is 0.510. The van der Waals surface area contributed by atoms with Gasteiger partial charge in [0.05, 0.1) is 5.70 Å². The second-order valence-electron chi connectivity index (χ2n) is 7.04. The molecule has 0 atom stereocenters. The highest BCUT2D eigenvalue weighted by molar-refractivity contribution is 7.97. The zero-order chi connectivity index (χ0) is 20.9. The Bertz CT molecular complexity index is 784. The lowest BCUT2D eigenvalue weighted by Gasteiger charge is -2.36. The summed E-state index contributed by atoms with van der Waals surface area (Å²) in [5.74, 6) is -0.900. The van der Waals surface area contributed by atoms with E-state index in [4.69, 9.17) is 4.74 Å². The highest BCUT2D eigenvalue weighted by Gasteiger charge is 2.30. The maximum Gasteiger partial charge on any atom is 0.347 e. The molecule has 0 aromatic heterocycles. The minimum atomic E-state index is -1.28. The molecule has 0 spiro atoms. The van der Waals surface area contributed by atoms with Gasteiger partial charge < -0.3 is 14.7 Å². The lowest BCUT2D eigenvalue weighted by atomic mass is 10.1. The largest absolute Gasteiger partial charge is 0.478 e. The Balaban J connectivity index is 1.98. The van der Waals surface area contributed by atoms with Gasteiger partial charge in [0.25, 0.3) is 0 Å². The van der Waals surface area contributed by atoms with Crippen LogP contribution in [0, 0.1) is 6.92 Å². The number of carboxylic acids is 1. The van der Waals surface area contributed by atoms with Gasteiger partial charge >= 0.3 is 5.97 Å². The predicted octanol–water partition coefficient (Wildman–Crippen LogP) is 4.41. The van der Waals surface area contributed by atoms with Crippen molar-refractivity contribution in [1.29, 1.82) is 0 Å². The van der Waals surface area contributed by atoms with Gasteiger partial charge in [-0.2, -0.15) is 0 Å². The Hall–Kier alpha value is -2.25. The van der Waals surface area contributed by atoms with Gasteiger partial charge in [-0.15, -0.1) is 0 Å². The summed E-state index contributed by atoms with van der Waals surface area (Å²) < 4.78 is 21.5. The fraction of sp³-hybridized carbons (Fsp3) is 0.381. The molecule has 0 unspecified atom stereocenters. The molecular weight excluding hydrogens is 379 g/mol. The molecule has 0 amide bonds. The molecule has 152 valence electrons. The summed E-state index contributed by atoms with van der Waals surface area (Å²) in [5.41, 5.74) is 0.0771. The van der Waals surface area contributed by atoms with Crippen molar-refractivity contribution in [2.45, 2.75) is 31.3 Å². The third-order valence-electron chi connectivity index (χ3n) is 4.39. The van der Waals surface area contributed by atoms with Crippen LogP contribution in [0.25, 0.3) is 0 Å². The van der Waals surface area contributed by atoms with Crippen LogP contribution in [0.4, 0.5) is 4.39 Å². The summed E-state index contributed by atoms with van der Waals surface area (Å²) in [6.07, 6.45) is 3.21. The SMILES string of the molecule is C=C/C=C(\C(=C)F)N1CCN(Sc2ccc(OC(C)(C)C(=O)O)c(C)c2)CC1. The average Bonchev–Trinajstić information content (AvgIpc) is 2.62. The first kappa shape index (κ1) is 22.0. The van der Waals surface area contributed by atoms with Crippen LogP contribution >= 0.6 is 11.9 Å². The number of aliphatic carboxylic acids is 1. The molecule has 1 aromatic carbocycles. The van der Waals surface area contributed by atoms with Crippen molar-refractivity contribution in [2.24, 2.45) is 0 Å². The van der Waals surface area contributed by atoms with Gasteiger partial charge in [-0.25, -0.2) is 13.5 Å². The van der Waals surface area contributed by atoms with Crippen molar-refractivity contribution in [2.75, 3.05) is 26.2 Å². The average molecular weight is 407 g/mol. The van der Waals surface area contributed by atoms with Crippen molar-refractivity contribution in [3.05, 3.63) is 60.6 Å². The molecular formula is C21H27FN2O3S. The Morgan fingerprint density at radius 1 is 1.32 bits per heavy atom. The van der Waals surface area contributed by atoms with E-state index in [1.54, 1.807) is 30.2 Å². The van der Waals surface area contributed by atoms with Gasteiger partial charge in [0.2, 0.25) is 0 Å². The maximum absolute atomic E-state index is 13.6. The number of piperazine rings is 1. The molecule has 0 saturated carbocycles. The van der Waals surface area contributed by atoms with E-state index >= 15 is 0 Å². The normalized spacial score (nSPS) is 16.0. The van der Waals surface area contributed by atoms with Crippen LogP contribution in [-0.4, -0.2) is 52.1 Å². The van der Waals surface area contributed by atoms with E-state index in [1.807, 2.05) is 24.0 Å². The number of hydrogen-bond acceptors (Lipinski definition) is 5. The number of halogens is 1. The third-order valence-corrected chi connectivity index (χ3v) is 5.48. The first-order valence-electron chi connectivity index (χ1n) is 9.02. The van der Waals surface area contributed by atoms with Crippen molar-refractivity contribution in [3.63, 3.8) is 0 Å². The third kappa shape index (κ3) is 5.62. The van der Waals surface area contributed by atoms with Gasteiger partial charge in [-0.3, -0.25) is 0 Å². The highest BCUT2D eigenvalue weighted by Crippen LogP contribution is 2.31. The number of carbonyl (C=O) groups is 1. The number of nitrogens with zero attached hydrogens (tertiary/aromatic N) is 2. The van der Waals surface area contributed by atoms with Crippen LogP contribution in [0.2, 0.25) is 0 Å². The summed E-state index contributed by atoms with van der Waals surface area (Å²) in [7, 11) is 0. The number of rotatable bonds is 8. The van der Waals surface area contributed by atoms with Crippen LogP contribution in [-0.2, 0) is 4.79 Å². The number of carboxylic acid groups (broad SMARTS) is 1. The molecule has 5 nitrogen and oxygen atoms in total. The molecule has 0 radical (unpaired) electrons. The predicted molar refractivity (Wildman–Crippen MR) is 111 cm³/mol. The lowest BCUT2D eigenvalue weighted by molar-refractivity contribution is -0.152. The molecule has 1 saturated heterocycles. The Morgan fingerprint density at radius 3 is 2.46 bits per heavy atom. The maximum atomic E-state index is 13.6. The van der Waals surface area contributed by atoms with Crippen LogP contribution in [0.5, 0.6) is 5.75 Å². The van der Waals surface area contributed by atoms with E-state index in [1.165, 1.54) is 13.8 Å². The summed E-state index contributed by atoms with van der Waals surface area (Å²) in [6, 6.07) is 5.71. The van der Waals surface area contributed by atoms with E-state index in [9.17, 15) is 14.3 Å². The smallest absolute Gasteiger partial charge is 0.347 e. The minimum Gasteiger partial charge on any atom is -0.478 e. The zero-order valence-corrected chi connectivity index (χ0v) is 17.4. The molecule has 1 N–H and O–H groups in total. The number of ether oxygens (including phenoxy) is 1. The van der Waals surface area contributed by atoms with E-state index < -0.39 is 17.4 Å². The molecule has 2 rings (SSSR count). The number of allylic oxidation sites excluding steroid dienone is 3. The summed E-state index contributed by atoms with van der Waals surface area (Å²) in [4.78, 5) is 14.3. The van der Waals surface area contributed by atoms with Crippen LogP contribution in [0.15, 0.2) is 59.9 Å². The molecule has 1 aliphatic heterocycles. The van der Waals surface area contributed by atoms with Crippen LogP contribution in [0.1, 0.15) is 19.4 Å². The van der Waals surface area contributed by atoms with Gasteiger partial charge in [-0.1, -0.05) is 19.2 Å². The first-order valence-corrected chi connectivity index (χ1v) is 9.80. The van der Waals surface area contributed by atoms with Crippen LogP contribution < -0.4 is 4.74 Å². The standard InChI is InChI=1S/C21H27FN2O3S/c1-6-7-18(16(3)22)23-10-12-24(13-11-23)28-17-8-9-19(15(2)14-17)27-21(4,5)20(25)26/h6-9,14H,1,3,10-13H2,2,4-5H3,(H,25,26)/b18-7+. The van der Waals surface area contributed by atoms with Crippen molar-refractivity contribution in [1.82, 2.24) is 9.21 Å². The highest BCUT2D eigenvalue weighted by atomic mass is 32.2. The van der Waals surface area contributed by atoms with Gasteiger partial charge in [0, 0.05) is 31.1 Å². The van der Waals surface area contributed by atoms with Crippen molar-refractivity contribution in [3.8, 4) is 5.75 Å². The Labute approximate surface area is 170 Å². The molecule has 28 heavy (non-hydrogen) atoms. The first-order chi connectivity index (χ1) is 13.1. The molecule has 1 fully saturated rings. The molecule has 1 aliphatic rings. The molecule has 1 aromatic rings. The lowest BCUT2D eigenvalue weighted by Crippen LogP contribution is -2.42. The molecule has 1 heterocycles. The number of benzene rings is 1. The number of aryl methyl sites for hydroxylation is 1. The van der Waals surface area contributed by atoms with Gasteiger partial charge in [0.15, 0.2) is 5.60 Å². The van der Waals surface area contributed by atoms with E-state index in [0.717, 1.165) is 23.5 Å². The minimum absolute atomic E-state index is 0.448. The summed E-state index contributed by atoms with van der Waals surface area (Å²) in [5, 5.41) is 9.21. The van der Waals surface area contributed by atoms with E-state index in [2.05, 4.69) is 17.5 Å². The zero-order valence-electron chi connectivity index (χ0n) is 16.6. The van der Waals surface area contributed by atoms with Crippen molar-refractivity contribution < 1.29 is 19.0 Å².